The number of ketones is 2. The van der Waals surface area contributed by atoms with Gasteiger partial charge in [-0.25, -0.2) is 0 Å². The number of nitrogens with one attached hydrogen (secondary N) is 1. The van der Waals surface area contributed by atoms with Crippen LogP contribution in [0, 0.1) is 31.1 Å². The molecule has 0 bridgehead atoms. The van der Waals surface area contributed by atoms with Gasteiger partial charge in [0, 0.05) is 30.6 Å². The molecule has 2 fully saturated rings. The number of hydrogen-bond donors (Lipinski definition) is 1. The van der Waals surface area contributed by atoms with Crippen molar-refractivity contribution in [1.82, 2.24) is 10.3 Å². The van der Waals surface area contributed by atoms with Crippen LogP contribution in [-0.4, -0.2) is 28.5 Å². The standard InChI is InChI=1S/C28H30N2O3/c1-4-7-20-14-18(2)25(19(3)15-20)26-23(31)16-28(17-24(26)32)11-9-21(10-12-28)30-27(33)22-8-5-6-13-29-22/h5-6,8,13-15,21,26H,9-12,16-17H2,1-3H3,(H,30,33). The van der Waals surface area contributed by atoms with E-state index in [9.17, 15) is 14.4 Å². The quantitative estimate of drug-likeness (QED) is 0.563. The molecule has 1 amide bonds. The summed E-state index contributed by atoms with van der Waals surface area (Å²) in [5.74, 6) is 5.19. The molecule has 2 aromatic rings. The van der Waals surface area contributed by atoms with Gasteiger partial charge in [-0.15, -0.1) is 5.92 Å². The number of amides is 1. The number of rotatable bonds is 3. The average molecular weight is 443 g/mol. The SMILES string of the molecule is CC#Cc1cc(C)c(C2C(=O)CC3(CCC(NC(=O)c4ccccn4)CC3)CC2=O)c(C)c1. The van der Waals surface area contributed by atoms with Gasteiger partial charge in [-0.3, -0.25) is 19.4 Å². The lowest BCUT2D eigenvalue weighted by molar-refractivity contribution is -0.138. The Kier molecular flexibility index (Phi) is 6.47. The van der Waals surface area contributed by atoms with E-state index in [2.05, 4.69) is 22.1 Å². The van der Waals surface area contributed by atoms with E-state index in [1.54, 1.807) is 31.3 Å². The maximum absolute atomic E-state index is 13.3. The molecule has 2 aliphatic rings. The van der Waals surface area contributed by atoms with Crippen LogP contribution in [0.15, 0.2) is 36.5 Å². The molecular formula is C28H30N2O3. The lowest BCUT2D eigenvalue weighted by Crippen LogP contribution is -2.46. The molecule has 4 rings (SSSR count). The molecule has 1 aromatic carbocycles. The van der Waals surface area contributed by atoms with Crippen LogP contribution in [-0.2, 0) is 9.59 Å². The Morgan fingerprint density at radius 2 is 1.70 bits per heavy atom. The minimum atomic E-state index is -0.666. The largest absolute Gasteiger partial charge is 0.348 e. The maximum Gasteiger partial charge on any atom is 0.270 e. The molecule has 0 unspecified atom stereocenters. The third-order valence-electron chi connectivity index (χ3n) is 7.17. The first kappa shape index (κ1) is 22.9. The summed E-state index contributed by atoms with van der Waals surface area (Å²) in [5.41, 5.74) is 3.82. The van der Waals surface area contributed by atoms with E-state index in [1.165, 1.54) is 0 Å². The number of carbonyl (C=O) groups excluding carboxylic acids is 3. The summed E-state index contributed by atoms with van der Waals surface area (Å²) in [7, 11) is 0. The number of aromatic nitrogens is 1. The number of benzene rings is 1. The van der Waals surface area contributed by atoms with Crippen molar-refractivity contribution in [1.29, 1.82) is 0 Å². The van der Waals surface area contributed by atoms with Gasteiger partial charge in [0.15, 0.2) is 0 Å². The fraction of sp³-hybridized carbons (Fsp3) is 0.429. The summed E-state index contributed by atoms with van der Waals surface area (Å²) in [6, 6.07) is 9.26. The number of aryl methyl sites for hydroxylation is 2. The first-order valence-electron chi connectivity index (χ1n) is 11.6. The minimum absolute atomic E-state index is 0.0303. The van der Waals surface area contributed by atoms with Crippen LogP contribution in [0.2, 0.25) is 0 Å². The van der Waals surface area contributed by atoms with Gasteiger partial charge in [0.05, 0.1) is 0 Å². The molecule has 1 spiro atoms. The van der Waals surface area contributed by atoms with Crippen LogP contribution in [0.5, 0.6) is 0 Å². The highest BCUT2D eigenvalue weighted by molar-refractivity contribution is 6.10. The molecule has 1 heterocycles. The third kappa shape index (κ3) is 4.75. The van der Waals surface area contributed by atoms with Crippen LogP contribution in [0.1, 0.15) is 84.1 Å². The van der Waals surface area contributed by atoms with Crippen LogP contribution in [0.3, 0.4) is 0 Å². The molecule has 0 radical (unpaired) electrons. The predicted octanol–water partition coefficient (Wildman–Crippen LogP) is 4.44. The van der Waals surface area contributed by atoms with Gasteiger partial charge in [-0.05, 0) is 92.8 Å². The third-order valence-corrected chi connectivity index (χ3v) is 7.17. The Morgan fingerprint density at radius 1 is 1.06 bits per heavy atom. The second-order valence-electron chi connectivity index (χ2n) is 9.58. The van der Waals surface area contributed by atoms with Gasteiger partial charge >= 0.3 is 0 Å². The van der Waals surface area contributed by atoms with E-state index in [0.717, 1.165) is 47.9 Å². The summed E-state index contributed by atoms with van der Waals surface area (Å²) in [5, 5.41) is 3.06. The van der Waals surface area contributed by atoms with Crippen molar-refractivity contribution in [3.63, 3.8) is 0 Å². The average Bonchev–Trinajstić information content (AvgIpc) is 2.78. The molecular weight excluding hydrogens is 412 g/mol. The summed E-state index contributed by atoms with van der Waals surface area (Å²) in [6.45, 7) is 5.72. The summed E-state index contributed by atoms with van der Waals surface area (Å²) < 4.78 is 0. The van der Waals surface area contributed by atoms with Gasteiger partial charge in [-0.1, -0.05) is 12.0 Å². The van der Waals surface area contributed by atoms with Gasteiger partial charge in [0.25, 0.3) is 5.91 Å². The van der Waals surface area contributed by atoms with Crippen molar-refractivity contribution in [3.05, 3.63) is 64.5 Å². The number of pyridine rings is 1. The van der Waals surface area contributed by atoms with E-state index in [-0.39, 0.29) is 28.9 Å². The second-order valence-corrected chi connectivity index (χ2v) is 9.58. The van der Waals surface area contributed by atoms with E-state index < -0.39 is 5.92 Å². The zero-order valence-electron chi connectivity index (χ0n) is 19.5. The van der Waals surface area contributed by atoms with E-state index in [0.29, 0.717) is 18.5 Å². The van der Waals surface area contributed by atoms with Crippen LogP contribution in [0.4, 0.5) is 0 Å². The highest BCUT2D eigenvalue weighted by Crippen LogP contribution is 2.49. The normalized spacial score (nSPS) is 24.8. The molecule has 0 saturated heterocycles. The predicted molar refractivity (Wildman–Crippen MR) is 127 cm³/mol. The minimum Gasteiger partial charge on any atom is -0.348 e. The molecule has 0 atom stereocenters. The monoisotopic (exact) mass is 442 g/mol. The number of Topliss-reactive ketones (excluding diaryl/α,β-unsaturated/α-hetero) is 2. The number of hydrogen-bond acceptors (Lipinski definition) is 4. The van der Waals surface area contributed by atoms with E-state index >= 15 is 0 Å². The molecule has 0 aliphatic heterocycles. The maximum atomic E-state index is 13.3. The molecule has 170 valence electrons. The van der Waals surface area contributed by atoms with Crippen molar-refractivity contribution < 1.29 is 14.4 Å². The lowest BCUT2D eigenvalue weighted by Gasteiger charge is -2.43. The Balaban J connectivity index is 1.44. The van der Waals surface area contributed by atoms with Gasteiger partial charge in [-0.2, -0.15) is 0 Å². The zero-order chi connectivity index (χ0) is 23.6. The van der Waals surface area contributed by atoms with Crippen LogP contribution >= 0.6 is 0 Å². The molecule has 33 heavy (non-hydrogen) atoms. The fourth-order valence-electron chi connectivity index (χ4n) is 5.64. The first-order valence-corrected chi connectivity index (χ1v) is 11.6. The highest BCUT2D eigenvalue weighted by Gasteiger charge is 2.47. The Labute approximate surface area is 195 Å². The van der Waals surface area contributed by atoms with Gasteiger partial charge < -0.3 is 5.32 Å². The summed E-state index contributed by atoms with van der Waals surface area (Å²) in [6.07, 6.45) is 5.55. The van der Waals surface area contributed by atoms with Gasteiger partial charge in [0.1, 0.15) is 23.2 Å². The topological polar surface area (TPSA) is 76.1 Å². The molecule has 1 N–H and O–H groups in total. The van der Waals surface area contributed by atoms with Crippen molar-refractivity contribution in [2.45, 2.75) is 71.3 Å². The first-order chi connectivity index (χ1) is 15.8. The van der Waals surface area contributed by atoms with Crippen LogP contribution in [0.25, 0.3) is 0 Å². The lowest BCUT2D eigenvalue weighted by atomic mass is 9.60. The van der Waals surface area contributed by atoms with E-state index in [1.807, 2.05) is 26.0 Å². The molecule has 2 saturated carbocycles. The molecule has 2 aliphatic carbocycles. The Morgan fingerprint density at radius 3 is 2.24 bits per heavy atom. The molecule has 1 aromatic heterocycles. The molecule has 5 nitrogen and oxygen atoms in total. The van der Waals surface area contributed by atoms with E-state index in [4.69, 9.17) is 0 Å². The number of nitrogens with zero attached hydrogens (tertiary/aromatic N) is 1. The Bertz CT molecular complexity index is 1110. The summed E-state index contributed by atoms with van der Waals surface area (Å²) in [4.78, 5) is 43.2. The van der Waals surface area contributed by atoms with Crippen molar-refractivity contribution in [2.24, 2.45) is 5.41 Å². The van der Waals surface area contributed by atoms with Crippen LogP contribution < -0.4 is 5.32 Å². The van der Waals surface area contributed by atoms with Gasteiger partial charge in [0.2, 0.25) is 0 Å². The summed E-state index contributed by atoms with van der Waals surface area (Å²) >= 11 is 0. The van der Waals surface area contributed by atoms with Crippen molar-refractivity contribution in [2.75, 3.05) is 0 Å². The number of carbonyl (C=O) groups is 3. The highest BCUT2D eigenvalue weighted by atomic mass is 16.2. The van der Waals surface area contributed by atoms with Crippen molar-refractivity contribution in [3.8, 4) is 11.8 Å². The van der Waals surface area contributed by atoms with Crippen molar-refractivity contribution >= 4 is 17.5 Å². The fourth-order valence-corrected chi connectivity index (χ4v) is 5.64. The second kappa shape index (κ2) is 9.31. The smallest absolute Gasteiger partial charge is 0.270 e. The molecule has 5 heteroatoms. The zero-order valence-corrected chi connectivity index (χ0v) is 19.5. The Hall–Kier alpha value is -3.26.